The van der Waals surface area contributed by atoms with Crippen molar-refractivity contribution in [2.24, 2.45) is 0 Å². The lowest BCUT2D eigenvalue weighted by Crippen LogP contribution is -2.02. The van der Waals surface area contributed by atoms with Gasteiger partial charge < -0.3 is 4.57 Å². The van der Waals surface area contributed by atoms with Crippen molar-refractivity contribution in [3.05, 3.63) is 65.4 Å². The molecule has 2 nitrogen and oxygen atoms in total. The molecule has 0 saturated carbocycles. The quantitative estimate of drug-likeness (QED) is 0.679. The molecule has 0 fully saturated rings. The Kier molecular flexibility index (Phi) is 2.82. The average molecular weight is 254 g/mol. The Balaban J connectivity index is 2.10. The zero-order valence-corrected chi connectivity index (χ0v) is 11.0. The Morgan fingerprint density at radius 1 is 1.11 bits per heavy atom. The van der Waals surface area contributed by atoms with E-state index >= 15 is 0 Å². The van der Waals surface area contributed by atoms with E-state index in [4.69, 9.17) is 0 Å². The zero-order chi connectivity index (χ0) is 13.4. The minimum absolute atomic E-state index is 0.198. The lowest BCUT2D eigenvalue weighted by atomic mass is 10.2. The van der Waals surface area contributed by atoms with Gasteiger partial charge in [0.15, 0.2) is 0 Å². The van der Waals surface area contributed by atoms with Crippen LogP contribution in [0.3, 0.4) is 0 Å². The highest BCUT2D eigenvalue weighted by atomic mass is 19.1. The van der Waals surface area contributed by atoms with Crippen LogP contribution in [0.25, 0.3) is 10.9 Å². The monoisotopic (exact) mass is 254 g/mol. The van der Waals surface area contributed by atoms with Gasteiger partial charge in [-0.25, -0.2) is 4.39 Å². The lowest BCUT2D eigenvalue weighted by molar-refractivity contribution is 0.626. The minimum Gasteiger partial charge on any atom is -0.339 e. The molecule has 0 aliphatic carbocycles. The second kappa shape index (κ2) is 4.50. The van der Waals surface area contributed by atoms with E-state index in [2.05, 4.69) is 23.4 Å². The van der Waals surface area contributed by atoms with Crippen molar-refractivity contribution in [1.82, 2.24) is 9.55 Å². The zero-order valence-electron chi connectivity index (χ0n) is 11.0. The third-order valence-electron chi connectivity index (χ3n) is 3.70. The summed E-state index contributed by atoms with van der Waals surface area (Å²) in [4.78, 5) is 4.20. The summed E-state index contributed by atoms with van der Waals surface area (Å²) in [7, 11) is 0. The first kappa shape index (κ1) is 11.9. The highest BCUT2D eigenvalue weighted by Gasteiger charge is 2.10. The van der Waals surface area contributed by atoms with Gasteiger partial charge in [-0.2, -0.15) is 0 Å². The van der Waals surface area contributed by atoms with Gasteiger partial charge in [-0.1, -0.05) is 12.1 Å². The predicted octanol–water partition coefficient (Wildman–Crippen LogP) is 3.84. The number of rotatable bonds is 2. The van der Waals surface area contributed by atoms with Gasteiger partial charge in [0, 0.05) is 23.8 Å². The summed E-state index contributed by atoms with van der Waals surface area (Å²) in [5, 5.41) is 1.23. The first-order valence-electron chi connectivity index (χ1n) is 6.30. The van der Waals surface area contributed by atoms with E-state index < -0.39 is 0 Å². The molecule has 2 aromatic heterocycles. The first-order valence-corrected chi connectivity index (χ1v) is 6.30. The molecule has 3 aromatic rings. The molecule has 0 saturated heterocycles. The Morgan fingerprint density at radius 2 is 1.84 bits per heavy atom. The number of aromatic nitrogens is 2. The summed E-state index contributed by atoms with van der Waals surface area (Å²) in [6, 6.07) is 8.69. The normalized spacial score (nSPS) is 11.1. The molecule has 0 N–H and O–H groups in total. The number of fused-ring (bicyclic) bond motifs is 1. The van der Waals surface area contributed by atoms with Gasteiger partial charge in [0.2, 0.25) is 0 Å². The van der Waals surface area contributed by atoms with E-state index in [1.807, 2.05) is 30.6 Å². The fraction of sp³-hybridized carbons (Fsp3) is 0.188. The van der Waals surface area contributed by atoms with Gasteiger partial charge in [-0.15, -0.1) is 0 Å². The van der Waals surface area contributed by atoms with Crippen molar-refractivity contribution in [3.63, 3.8) is 0 Å². The Bertz CT molecular complexity index is 726. The van der Waals surface area contributed by atoms with Gasteiger partial charge in [-0.05, 0) is 43.2 Å². The van der Waals surface area contributed by atoms with Crippen LogP contribution in [0, 0.1) is 19.7 Å². The summed E-state index contributed by atoms with van der Waals surface area (Å²) in [6.07, 6.45) is 3.70. The van der Waals surface area contributed by atoms with Crippen LogP contribution in [0.1, 0.15) is 16.8 Å². The van der Waals surface area contributed by atoms with E-state index in [1.54, 1.807) is 0 Å². The molecule has 96 valence electrons. The highest BCUT2D eigenvalue weighted by molar-refractivity contribution is 5.84. The van der Waals surface area contributed by atoms with Crippen molar-refractivity contribution in [2.45, 2.75) is 20.4 Å². The van der Waals surface area contributed by atoms with Crippen molar-refractivity contribution in [2.75, 3.05) is 0 Å². The SMILES string of the molecule is Cc1c(C)n(Cc2ccc(F)cc2)c2cnccc12. The van der Waals surface area contributed by atoms with Crippen LogP contribution in [0.4, 0.5) is 4.39 Å². The predicted molar refractivity (Wildman–Crippen MR) is 74.7 cm³/mol. The smallest absolute Gasteiger partial charge is 0.123 e. The number of nitrogens with zero attached hydrogens (tertiary/aromatic N) is 2. The van der Waals surface area contributed by atoms with Crippen LogP contribution in [0.15, 0.2) is 42.7 Å². The van der Waals surface area contributed by atoms with Crippen molar-refractivity contribution in [3.8, 4) is 0 Å². The Morgan fingerprint density at radius 3 is 2.58 bits per heavy atom. The number of pyridine rings is 1. The van der Waals surface area contributed by atoms with Gasteiger partial charge in [0.05, 0.1) is 11.7 Å². The van der Waals surface area contributed by atoms with E-state index in [-0.39, 0.29) is 5.82 Å². The lowest BCUT2D eigenvalue weighted by Gasteiger charge is -2.08. The third kappa shape index (κ3) is 2.01. The van der Waals surface area contributed by atoms with E-state index in [9.17, 15) is 4.39 Å². The van der Waals surface area contributed by atoms with Crippen molar-refractivity contribution >= 4 is 10.9 Å². The van der Waals surface area contributed by atoms with Crippen LogP contribution in [0.2, 0.25) is 0 Å². The number of benzene rings is 1. The van der Waals surface area contributed by atoms with Gasteiger partial charge in [-0.3, -0.25) is 4.98 Å². The molecular formula is C16H15FN2. The van der Waals surface area contributed by atoms with Crippen molar-refractivity contribution in [1.29, 1.82) is 0 Å². The average Bonchev–Trinajstić information content (AvgIpc) is 2.67. The fourth-order valence-corrected chi connectivity index (χ4v) is 2.47. The summed E-state index contributed by atoms with van der Waals surface area (Å²) in [6.45, 7) is 4.97. The van der Waals surface area contributed by atoms with Crippen LogP contribution in [-0.2, 0) is 6.54 Å². The number of halogens is 1. The molecular weight excluding hydrogens is 239 g/mol. The molecule has 0 spiro atoms. The van der Waals surface area contributed by atoms with Crippen LogP contribution < -0.4 is 0 Å². The number of hydrogen-bond donors (Lipinski definition) is 0. The van der Waals surface area contributed by atoms with Gasteiger partial charge >= 0.3 is 0 Å². The highest BCUT2D eigenvalue weighted by Crippen LogP contribution is 2.25. The van der Waals surface area contributed by atoms with Crippen LogP contribution >= 0.6 is 0 Å². The summed E-state index contributed by atoms with van der Waals surface area (Å²) < 4.78 is 15.2. The first-order chi connectivity index (χ1) is 9.16. The maximum atomic E-state index is 12.9. The van der Waals surface area contributed by atoms with Crippen LogP contribution in [0.5, 0.6) is 0 Å². The van der Waals surface area contributed by atoms with Gasteiger partial charge in [0.25, 0.3) is 0 Å². The molecule has 0 bridgehead atoms. The molecule has 2 heterocycles. The fourth-order valence-electron chi connectivity index (χ4n) is 2.47. The molecule has 1 aromatic carbocycles. The minimum atomic E-state index is -0.198. The van der Waals surface area contributed by atoms with E-state index in [0.717, 1.165) is 17.6 Å². The van der Waals surface area contributed by atoms with E-state index in [1.165, 1.54) is 28.8 Å². The second-order valence-corrected chi connectivity index (χ2v) is 4.82. The summed E-state index contributed by atoms with van der Waals surface area (Å²) in [5.41, 5.74) is 4.72. The molecule has 0 aliphatic heterocycles. The maximum absolute atomic E-state index is 12.9. The molecule has 0 amide bonds. The molecule has 3 heteroatoms. The molecule has 19 heavy (non-hydrogen) atoms. The molecule has 0 atom stereocenters. The standard InChI is InChI=1S/C16H15FN2/c1-11-12(2)19(16-9-18-8-7-15(11)16)10-13-3-5-14(17)6-4-13/h3-9H,10H2,1-2H3. The number of hydrogen-bond acceptors (Lipinski definition) is 1. The topological polar surface area (TPSA) is 17.8 Å². The molecule has 0 radical (unpaired) electrons. The van der Waals surface area contributed by atoms with E-state index in [0.29, 0.717) is 0 Å². The third-order valence-corrected chi connectivity index (χ3v) is 3.70. The summed E-state index contributed by atoms with van der Waals surface area (Å²) >= 11 is 0. The molecule has 0 unspecified atom stereocenters. The second-order valence-electron chi connectivity index (χ2n) is 4.82. The summed E-state index contributed by atoms with van der Waals surface area (Å²) in [5.74, 6) is -0.198. The van der Waals surface area contributed by atoms with Gasteiger partial charge in [0.1, 0.15) is 5.82 Å². The number of aryl methyl sites for hydroxylation is 1. The maximum Gasteiger partial charge on any atom is 0.123 e. The molecule has 3 rings (SSSR count). The van der Waals surface area contributed by atoms with Crippen molar-refractivity contribution < 1.29 is 4.39 Å². The van der Waals surface area contributed by atoms with Crippen LogP contribution in [-0.4, -0.2) is 9.55 Å². The largest absolute Gasteiger partial charge is 0.339 e. The Labute approximate surface area is 111 Å². The Hall–Kier alpha value is -2.16. The molecule has 0 aliphatic rings.